The summed E-state index contributed by atoms with van der Waals surface area (Å²) in [6.07, 6.45) is 1.62. The number of nitrogens with one attached hydrogen (secondary N) is 2. The summed E-state index contributed by atoms with van der Waals surface area (Å²) in [5, 5.41) is 0.243. The van der Waals surface area contributed by atoms with Crippen LogP contribution < -0.4 is 14.4 Å². The molecule has 154 valence electrons. The largest absolute Gasteiger partial charge is 0.497 e. The molecule has 0 saturated carbocycles. The SMILES string of the molecule is COc1ccc2nc(S(=O)(=O)NCc3nccc(N4CCOCC4)c3Cl)[nH]c2c1. The van der Waals surface area contributed by atoms with E-state index in [1.54, 1.807) is 31.5 Å². The Morgan fingerprint density at radius 3 is 2.86 bits per heavy atom. The minimum atomic E-state index is -3.88. The second kappa shape index (κ2) is 8.15. The molecular formula is C18H20ClN5O4S. The lowest BCUT2D eigenvalue weighted by Crippen LogP contribution is -2.36. The maximum atomic E-state index is 12.7. The molecule has 3 aromatic rings. The van der Waals surface area contributed by atoms with E-state index >= 15 is 0 Å². The van der Waals surface area contributed by atoms with Crippen molar-refractivity contribution in [1.29, 1.82) is 0 Å². The monoisotopic (exact) mass is 437 g/mol. The molecule has 9 nitrogen and oxygen atoms in total. The molecule has 11 heteroatoms. The highest BCUT2D eigenvalue weighted by Gasteiger charge is 2.21. The highest BCUT2D eigenvalue weighted by Crippen LogP contribution is 2.28. The van der Waals surface area contributed by atoms with Crippen molar-refractivity contribution in [3.8, 4) is 5.75 Å². The molecule has 2 aromatic heterocycles. The topological polar surface area (TPSA) is 109 Å². The van der Waals surface area contributed by atoms with Gasteiger partial charge < -0.3 is 19.4 Å². The number of morpholine rings is 1. The van der Waals surface area contributed by atoms with Crippen LogP contribution in [0.2, 0.25) is 5.02 Å². The highest BCUT2D eigenvalue weighted by molar-refractivity contribution is 7.89. The molecule has 0 unspecified atom stereocenters. The first kappa shape index (κ1) is 19.9. The van der Waals surface area contributed by atoms with Crippen LogP contribution in [0.1, 0.15) is 5.69 Å². The summed E-state index contributed by atoms with van der Waals surface area (Å²) in [5.74, 6) is 0.606. The van der Waals surface area contributed by atoms with E-state index in [9.17, 15) is 8.42 Å². The molecule has 0 aliphatic carbocycles. The molecule has 1 fully saturated rings. The van der Waals surface area contributed by atoms with Gasteiger partial charge in [-0.15, -0.1) is 0 Å². The predicted octanol–water partition coefficient (Wildman–Crippen LogP) is 1.93. The molecule has 29 heavy (non-hydrogen) atoms. The number of methoxy groups -OCH3 is 1. The van der Waals surface area contributed by atoms with Crippen molar-refractivity contribution in [2.45, 2.75) is 11.7 Å². The zero-order valence-electron chi connectivity index (χ0n) is 15.7. The summed E-state index contributed by atoms with van der Waals surface area (Å²) in [4.78, 5) is 13.3. The fourth-order valence-electron chi connectivity index (χ4n) is 3.10. The average molecular weight is 438 g/mol. The van der Waals surface area contributed by atoms with Gasteiger partial charge in [-0.05, 0) is 18.2 Å². The second-order valence-electron chi connectivity index (χ2n) is 6.44. The summed E-state index contributed by atoms with van der Waals surface area (Å²) in [7, 11) is -2.34. The van der Waals surface area contributed by atoms with Crippen LogP contribution >= 0.6 is 11.6 Å². The quantitative estimate of drug-likeness (QED) is 0.606. The summed E-state index contributed by atoms with van der Waals surface area (Å²) < 4.78 is 38.4. The van der Waals surface area contributed by atoms with Gasteiger partial charge >= 0.3 is 0 Å². The maximum Gasteiger partial charge on any atom is 0.274 e. The molecule has 1 aliphatic heterocycles. The predicted molar refractivity (Wildman–Crippen MR) is 109 cm³/mol. The number of ether oxygens (including phenoxy) is 2. The lowest BCUT2D eigenvalue weighted by Gasteiger charge is -2.29. The fraction of sp³-hybridized carbons (Fsp3) is 0.333. The smallest absolute Gasteiger partial charge is 0.274 e. The Morgan fingerprint density at radius 2 is 2.10 bits per heavy atom. The third kappa shape index (κ3) is 4.15. The van der Waals surface area contributed by atoms with Crippen molar-refractivity contribution in [2.24, 2.45) is 0 Å². The average Bonchev–Trinajstić information content (AvgIpc) is 3.18. The lowest BCUT2D eigenvalue weighted by molar-refractivity contribution is 0.122. The van der Waals surface area contributed by atoms with E-state index in [4.69, 9.17) is 21.1 Å². The number of H-pyrrole nitrogens is 1. The van der Waals surface area contributed by atoms with Crippen LogP contribution in [0.3, 0.4) is 0 Å². The second-order valence-corrected chi connectivity index (χ2v) is 8.50. The number of pyridine rings is 1. The van der Waals surface area contributed by atoms with E-state index in [-0.39, 0.29) is 11.7 Å². The maximum absolute atomic E-state index is 12.7. The van der Waals surface area contributed by atoms with Gasteiger partial charge in [0.2, 0.25) is 5.16 Å². The molecule has 1 aromatic carbocycles. The number of sulfonamides is 1. The van der Waals surface area contributed by atoms with E-state index in [2.05, 4.69) is 24.6 Å². The van der Waals surface area contributed by atoms with E-state index in [1.165, 1.54) is 0 Å². The molecule has 1 aliphatic rings. The molecule has 0 amide bonds. The number of anilines is 1. The first-order chi connectivity index (χ1) is 14.0. The van der Waals surface area contributed by atoms with Gasteiger partial charge in [0, 0.05) is 25.4 Å². The molecule has 0 spiro atoms. The Hall–Kier alpha value is -2.40. The van der Waals surface area contributed by atoms with Gasteiger partial charge in [0.25, 0.3) is 10.0 Å². The van der Waals surface area contributed by atoms with Crippen molar-refractivity contribution in [3.63, 3.8) is 0 Å². The van der Waals surface area contributed by atoms with E-state index in [0.717, 1.165) is 18.8 Å². The van der Waals surface area contributed by atoms with Crippen LogP contribution in [0.4, 0.5) is 5.69 Å². The molecule has 0 atom stereocenters. The van der Waals surface area contributed by atoms with E-state index < -0.39 is 10.0 Å². The van der Waals surface area contributed by atoms with Crippen molar-refractivity contribution >= 4 is 38.3 Å². The van der Waals surface area contributed by atoms with Crippen LogP contribution in [-0.4, -0.2) is 56.8 Å². The van der Waals surface area contributed by atoms with E-state index in [0.29, 0.717) is 40.7 Å². The Kier molecular flexibility index (Phi) is 5.59. The van der Waals surface area contributed by atoms with Gasteiger partial charge in [-0.1, -0.05) is 11.6 Å². The van der Waals surface area contributed by atoms with Gasteiger partial charge in [-0.2, -0.15) is 0 Å². The molecule has 4 rings (SSSR count). The highest BCUT2D eigenvalue weighted by atomic mass is 35.5. The molecule has 2 N–H and O–H groups in total. The van der Waals surface area contributed by atoms with Crippen LogP contribution in [-0.2, 0) is 21.3 Å². The van der Waals surface area contributed by atoms with Gasteiger partial charge in [0.1, 0.15) is 5.75 Å². The normalized spacial score (nSPS) is 15.0. The molecular weight excluding hydrogens is 418 g/mol. The minimum Gasteiger partial charge on any atom is -0.497 e. The number of aromatic amines is 1. The van der Waals surface area contributed by atoms with Crippen LogP contribution in [0.15, 0.2) is 35.6 Å². The minimum absolute atomic E-state index is 0.0558. The van der Waals surface area contributed by atoms with Crippen molar-refractivity contribution < 1.29 is 17.9 Å². The van der Waals surface area contributed by atoms with Crippen molar-refractivity contribution in [1.82, 2.24) is 19.7 Å². The van der Waals surface area contributed by atoms with Crippen molar-refractivity contribution in [2.75, 3.05) is 38.3 Å². The number of nitrogens with zero attached hydrogens (tertiary/aromatic N) is 3. The summed E-state index contributed by atoms with van der Waals surface area (Å²) >= 11 is 6.50. The van der Waals surface area contributed by atoms with E-state index in [1.807, 2.05) is 6.07 Å². The number of benzene rings is 1. The van der Waals surface area contributed by atoms with Crippen LogP contribution in [0.5, 0.6) is 5.75 Å². The third-order valence-electron chi connectivity index (χ3n) is 4.64. The van der Waals surface area contributed by atoms with Gasteiger partial charge in [0.05, 0.1) is 54.3 Å². The standard InChI is InChI=1S/C18H20ClN5O4S/c1-27-12-2-3-13-14(10-12)23-18(22-13)29(25,26)21-11-15-17(19)16(4-5-20-15)24-6-8-28-9-7-24/h2-5,10,21H,6-9,11H2,1H3,(H,22,23). The number of rotatable bonds is 6. The summed E-state index contributed by atoms with van der Waals surface area (Å²) in [6.45, 7) is 2.63. The van der Waals surface area contributed by atoms with Gasteiger partial charge in [-0.3, -0.25) is 4.98 Å². The zero-order valence-corrected chi connectivity index (χ0v) is 17.3. The number of imidazole rings is 1. The third-order valence-corrected chi connectivity index (χ3v) is 6.28. The van der Waals surface area contributed by atoms with Gasteiger partial charge in [0.15, 0.2) is 0 Å². The van der Waals surface area contributed by atoms with Gasteiger partial charge in [-0.25, -0.2) is 18.1 Å². The number of fused-ring (bicyclic) bond motifs is 1. The number of hydrogen-bond donors (Lipinski definition) is 2. The Balaban J connectivity index is 1.53. The van der Waals surface area contributed by atoms with Crippen LogP contribution in [0.25, 0.3) is 11.0 Å². The molecule has 1 saturated heterocycles. The Labute approximate surface area is 173 Å². The fourth-order valence-corrected chi connectivity index (χ4v) is 4.32. The Morgan fingerprint density at radius 1 is 1.31 bits per heavy atom. The molecule has 3 heterocycles. The number of hydrogen-bond acceptors (Lipinski definition) is 7. The first-order valence-corrected chi connectivity index (χ1v) is 10.8. The zero-order chi connectivity index (χ0) is 20.4. The summed E-state index contributed by atoms with van der Waals surface area (Å²) in [5.41, 5.74) is 2.35. The first-order valence-electron chi connectivity index (χ1n) is 8.97. The lowest BCUT2D eigenvalue weighted by atomic mass is 10.2. The van der Waals surface area contributed by atoms with Crippen LogP contribution in [0, 0.1) is 0 Å². The summed E-state index contributed by atoms with van der Waals surface area (Å²) in [6, 6.07) is 6.91. The number of halogens is 1. The molecule has 0 bridgehead atoms. The Bertz CT molecular complexity index is 1130. The number of aromatic nitrogens is 3. The molecule has 0 radical (unpaired) electrons. The van der Waals surface area contributed by atoms with Crippen molar-refractivity contribution in [3.05, 3.63) is 41.2 Å².